The van der Waals surface area contributed by atoms with E-state index in [1.807, 2.05) is 0 Å². The van der Waals surface area contributed by atoms with Crippen molar-refractivity contribution in [3.8, 4) is 0 Å². The van der Waals surface area contributed by atoms with E-state index in [-0.39, 0.29) is 139 Å². The lowest BCUT2D eigenvalue weighted by Crippen LogP contribution is -2.63. The number of phosphoric acid groups is 1. The summed E-state index contributed by atoms with van der Waals surface area (Å²) in [5.74, 6) is -0.303. The maximum atomic E-state index is 13.8. The summed E-state index contributed by atoms with van der Waals surface area (Å²) in [5, 5.41) is 101. The lowest BCUT2D eigenvalue weighted by molar-refractivity contribution is -0.181. The highest BCUT2D eigenvalue weighted by Crippen LogP contribution is 2.41. The van der Waals surface area contributed by atoms with Gasteiger partial charge in [0.1, 0.15) is 82.9 Å². The molecule has 0 aliphatic carbocycles. The van der Waals surface area contributed by atoms with Crippen molar-refractivity contribution in [1.29, 1.82) is 0 Å². The maximum absolute atomic E-state index is 13.8. The van der Waals surface area contributed by atoms with Gasteiger partial charge in [0.05, 0.1) is 77.7 Å². The minimum atomic E-state index is -4.35. The number of hydrogen-bond acceptors (Lipinski definition) is 27. The molecule has 3 saturated heterocycles. The van der Waals surface area contributed by atoms with E-state index in [2.05, 4.69) is 30.3 Å². The van der Waals surface area contributed by atoms with Gasteiger partial charge in [-0.1, -0.05) is 72.6 Å². The molecule has 3 rings (SSSR count). The molecule has 562 valence electrons. The lowest BCUT2D eigenvalue weighted by atomic mass is 9.94. The van der Waals surface area contributed by atoms with Crippen LogP contribution in [0.3, 0.4) is 0 Å². The van der Waals surface area contributed by atoms with Crippen molar-refractivity contribution >= 4 is 78.3 Å². The molecule has 3 heterocycles. The molecule has 33 heteroatoms. The fourth-order valence-corrected chi connectivity index (χ4v) is 14.9. The second kappa shape index (κ2) is 51.0. The second-order valence-electron chi connectivity index (χ2n) is 24.7. The Kier molecular flexibility index (Phi) is 47.7. The number of ketones is 2. The van der Waals surface area contributed by atoms with Crippen molar-refractivity contribution in [1.82, 2.24) is 21.3 Å². The zero-order valence-electron chi connectivity index (χ0n) is 55.9. The summed E-state index contributed by atoms with van der Waals surface area (Å²) in [7, 11) is -3.38. The number of thioether (sulfide) groups is 3. The molecule has 96 heavy (non-hydrogen) atoms. The van der Waals surface area contributed by atoms with Crippen molar-refractivity contribution in [2.24, 2.45) is 11.8 Å². The van der Waals surface area contributed by atoms with Gasteiger partial charge in [-0.15, -0.1) is 35.3 Å². The Bertz CT molecular complexity index is 2150. The van der Waals surface area contributed by atoms with Crippen LogP contribution in [0.5, 0.6) is 0 Å². The van der Waals surface area contributed by atoms with Crippen LogP contribution >= 0.6 is 43.1 Å². The van der Waals surface area contributed by atoms with Crippen LogP contribution in [0.4, 0.5) is 0 Å². The SMILES string of the molecule is C.COP(=O)(O)OCNC(=O)CCCC(=O)NC(COCCC(=O)CCCCCCCSC1OC(CO)C(O)C(O)C1C)(COCCC(=O)CCCCCCCSC1OC(CO)C(O)C(O)C1C)COCCC(=O)NCCCCCCSC1OC(CO)C(O)C(O)C1NC(C)=O. The van der Waals surface area contributed by atoms with Crippen molar-refractivity contribution in [3.05, 3.63) is 0 Å². The van der Waals surface area contributed by atoms with E-state index in [1.54, 1.807) is 37.4 Å². The minimum absolute atomic E-state index is 0. The summed E-state index contributed by atoms with van der Waals surface area (Å²) in [5.41, 5.74) is -2.80. The van der Waals surface area contributed by atoms with Crippen LogP contribution in [0.15, 0.2) is 0 Å². The summed E-state index contributed by atoms with van der Waals surface area (Å²) in [6, 6.07) is -0.865. The molecule has 14 N–H and O–H groups in total. The van der Waals surface area contributed by atoms with Gasteiger partial charge in [0, 0.05) is 77.4 Å². The predicted molar refractivity (Wildman–Crippen MR) is 362 cm³/mol. The fourth-order valence-electron chi connectivity index (χ4n) is 10.8. The number of carbonyl (C=O) groups is 6. The van der Waals surface area contributed by atoms with E-state index in [0.29, 0.717) is 44.4 Å². The molecule has 0 aromatic heterocycles. The molecule has 0 saturated carbocycles. The third-order valence-electron chi connectivity index (χ3n) is 16.7. The minimum Gasteiger partial charge on any atom is -0.394 e. The first-order valence-electron chi connectivity index (χ1n) is 33.5. The van der Waals surface area contributed by atoms with Crippen LogP contribution in [-0.2, 0) is 70.8 Å². The number of amides is 4. The van der Waals surface area contributed by atoms with Crippen molar-refractivity contribution < 1.29 is 122 Å². The van der Waals surface area contributed by atoms with Crippen LogP contribution in [-0.4, -0.2) is 266 Å². The smallest absolute Gasteiger partial charge is 0.394 e. The molecule has 0 aromatic carbocycles. The normalized spacial score (nSPS) is 27.2. The second-order valence-corrected chi connectivity index (χ2v) is 29.8. The Morgan fingerprint density at radius 3 is 1.34 bits per heavy atom. The quantitative estimate of drug-likeness (QED) is 0.0236. The molecule has 0 aromatic rings. The predicted octanol–water partition coefficient (Wildman–Crippen LogP) is 2.49. The fraction of sp³-hybridized carbons (Fsp3) is 0.905. The number of nitrogens with one attached hydrogen (secondary N) is 4. The Balaban J connectivity index is 0.0000314. The lowest BCUT2D eigenvalue weighted by Gasteiger charge is -2.42. The summed E-state index contributed by atoms with van der Waals surface area (Å²) >= 11 is 4.44. The van der Waals surface area contributed by atoms with Gasteiger partial charge in [0.2, 0.25) is 23.6 Å². The first-order valence-corrected chi connectivity index (χ1v) is 38.2. The highest BCUT2D eigenvalue weighted by molar-refractivity contribution is 8.00. The Morgan fingerprint density at radius 1 is 0.490 bits per heavy atom. The zero-order valence-corrected chi connectivity index (χ0v) is 59.2. The average molecular weight is 1460 g/mol. The van der Waals surface area contributed by atoms with Crippen LogP contribution < -0.4 is 21.3 Å². The molecule has 4 amide bonds. The molecular formula is C63H117N4O25PS3. The van der Waals surface area contributed by atoms with Gasteiger partial charge in [-0.3, -0.25) is 37.8 Å². The highest BCUT2D eigenvalue weighted by Gasteiger charge is 2.46. The largest absolute Gasteiger partial charge is 0.473 e. The van der Waals surface area contributed by atoms with E-state index in [1.165, 1.54) is 18.7 Å². The number of rotatable bonds is 54. The Hall–Kier alpha value is -2.22. The van der Waals surface area contributed by atoms with E-state index in [9.17, 15) is 84.2 Å². The van der Waals surface area contributed by atoms with Gasteiger partial charge < -0.3 is 101 Å². The van der Waals surface area contributed by atoms with E-state index < -0.39 is 111 Å². The topological polar surface area (TPSA) is 444 Å². The van der Waals surface area contributed by atoms with Gasteiger partial charge in [0.15, 0.2) is 0 Å². The number of aliphatic hydroxyl groups excluding tert-OH is 9. The van der Waals surface area contributed by atoms with Crippen LogP contribution in [0.25, 0.3) is 0 Å². The number of hydrogen-bond donors (Lipinski definition) is 14. The number of Topliss-reactive ketones (excluding diaryl/α,β-unsaturated/α-hetero) is 2. The average Bonchev–Trinajstić information content (AvgIpc) is 0.839. The summed E-state index contributed by atoms with van der Waals surface area (Å²) in [4.78, 5) is 86.8. The standard InChI is InChI=1S/C62H113N4O25PS3.CH4/c1-41-53(76)55(78)46(34-67)89-59(41)93-31-16-10-5-7-13-20-44(71)24-28-85-37-62(66-51(75)23-19-22-49(73)64-40-88-92(82,83)84-4,38-86-29-25-45(72)21-14-8-6-11-17-32-94-60-42(2)54(77)56(79)47(35-68)90-60)39-87-30-26-50(74)63-27-15-9-12-18-33-95-61-52(65-43(3)70)58(81)57(80)48(36-69)91-61;/h41-42,46-48,52-61,67-69,76-81H,5-40H2,1-4H3,(H,63,74)(H,64,73)(H,65,70)(H,66,75)(H,82,83);1H4. The molecule has 0 spiro atoms. The summed E-state index contributed by atoms with van der Waals surface area (Å²) in [6.45, 7) is 2.68. The third-order valence-corrected chi connectivity index (χ3v) is 21.6. The van der Waals surface area contributed by atoms with Gasteiger partial charge in [-0.05, 0) is 62.2 Å². The molecule has 16 unspecified atom stereocenters. The van der Waals surface area contributed by atoms with E-state index >= 15 is 0 Å². The molecule has 0 radical (unpaired) electrons. The molecule has 3 aliphatic rings. The van der Waals surface area contributed by atoms with Gasteiger partial charge in [0.25, 0.3) is 0 Å². The Labute approximate surface area is 579 Å². The van der Waals surface area contributed by atoms with Crippen molar-refractivity contribution in [3.63, 3.8) is 0 Å². The third kappa shape index (κ3) is 35.6. The number of phosphoric ester groups is 1. The summed E-state index contributed by atoms with van der Waals surface area (Å²) in [6.07, 6.45) is 2.23. The maximum Gasteiger partial charge on any atom is 0.473 e. The van der Waals surface area contributed by atoms with Gasteiger partial charge in [-0.2, -0.15) is 0 Å². The number of aliphatic hydroxyl groups is 9. The van der Waals surface area contributed by atoms with E-state index in [0.717, 1.165) is 89.2 Å². The molecular weight excluding hydrogens is 1340 g/mol. The van der Waals surface area contributed by atoms with Gasteiger partial charge >= 0.3 is 7.82 Å². The molecule has 16 atom stereocenters. The van der Waals surface area contributed by atoms with Crippen LogP contribution in [0.1, 0.15) is 169 Å². The number of carbonyl (C=O) groups excluding carboxylic acids is 6. The monoisotopic (exact) mass is 1460 g/mol. The molecule has 3 aliphatic heterocycles. The molecule has 29 nitrogen and oxygen atoms in total. The zero-order chi connectivity index (χ0) is 70.2. The van der Waals surface area contributed by atoms with Crippen molar-refractivity contribution in [2.45, 2.75) is 252 Å². The van der Waals surface area contributed by atoms with Crippen LogP contribution in [0, 0.1) is 11.8 Å². The number of unbranched alkanes of at least 4 members (excludes halogenated alkanes) is 11. The summed E-state index contributed by atoms with van der Waals surface area (Å²) < 4.78 is 56.3. The Morgan fingerprint density at radius 2 is 0.885 bits per heavy atom. The van der Waals surface area contributed by atoms with Crippen molar-refractivity contribution in [2.75, 3.05) is 97.1 Å². The molecule has 3 fully saturated rings. The molecule has 0 bridgehead atoms. The van der Waals surface area contributed by atoms with Gasteiger partial charge in [-0.25, -0.2) is 4.57 Å². The number of ether oxygens (including phenoxy) is 6. The van der Waals surface area contributed by atoms with E-state index in [4.69, 9.17) is 28.4 Å². The highest BCUT2D eigenvalue weighted by atomic mass is 32.2. The first-order chi connectivity index (χ1) is 45.4. The first kappa shape index (κ1) is 89.9. The van der Waals surface area contributed by atoms with Crippen LogP contribution in [0.2, 0.25) is 0 Å².